The summed E-state index contributed by atoms with van der Waals surface area (Å²) in [5.41, 5.74) is 2.74. The number of hydrogen-bond acceptors (Lipinski definition) is 4. The Bertz CT molecular complexity index is 832. The van der Waals surface area contributed by atoms with Crippen molar-refractivity contribution >= 4 is 21.7 Å². The van der Waals surface area contributed by atoms with Crippen molar-refractivity contribution in [3.8, 4) is 0 Å². The Hall–Kier alpha value is -2.34. The molecule has 0 atom stereocenters. The second-order valence-corrected chi connectivity index (χ2v) is 7.60. The molecule has 0 unspecified atom stereocenters. The van der Waals surface area contributed by atoms with Crippen LogP contribution in [0.5, 0.6) is 0 Å². The smallest absolute Gasteiger partial charge is 0.305 e. The van der Waals surface area contributed by atoms with Gasteiger partial charge < -0.3 is 4.74 Å². The molecule has 6 heteroatoms. The number of rotatable bonds is 9. The highest BCUT2D eigenvalue weighted by Gasteiger charge is 2.14. The van der Waals surface area contributed by atoms with Gasteiger partial charge in [0.15, 0.2) is 0 Å². The molecule has 5 nitrogen and oxygen atoms in total. The van der Waals surface area contributed by atoms with Crippen LogP contribution in [-0.4, -0.2) is 21.0 Å². The molecule has 0 fully saturated rings. The number of sulfonamides is 1. The molecule has 140 valence electrons. The molecule has 26 heavy (non-hydrogen) atoms. The Labute approximate surface area is 155 Å². The third-order valence-electron chi connectivity index (χ3n) is 4.03. The fraction of sp³-hybridized carbons (Fsp3) is 0.350. The van der Waals surface area contributed by atoms with Crippen LogP contribution in [0, 0.1) is 0 Å². The van der Waals surface area contributed by atoms with E-state index in [-0.39, 0.29) is 10.9 Å². The first kappa shape index (κ1) is 20.0. The van der Waals surface area contributed by atoms with Crippen molar-refractivity contribution in [3.63, 3.8) is 0 Å². The number of ether oxygens (including phenoxy) is 1. The van der Waals surface area contributed by atoms with Crippen molar-refractivity contribution in [2.45, 2.75) is 44.4 Å². The highest BCUT2D eigenvalue weighted by Crippen LogP contribution is 2.21. The number of hydrogen-bond donors (Lipinski definition) is 1. The molecule has 0 amide bonds. The maximum absolute atomic E-state index is 12.4. The van der Waals surface area contributed by atoms with E-state index >= 15 is 0 Å². The zero-order chi connectivity index (χ0) is 19.0. The van der Waals surface area contributed by atoms with Gasteiger partial charge in [0, 0.05) is 12.1 Å². The summed E-state index contributed by atoms with van der Waals surface area (Å²) in [5.74, 6) is -0.183. The van der Waals surface area contributed by atoms with Crippen LogP contribution >= 0.6 is 0 Å². The number of anilines is 1. The molecule has 0 saturated heterocycles. The maximum Gasteiger partial charge on any atom is 0.305 e. The average molecular weight is 375 g/mol. The minimum Gasteiger partial charge on any atom is -0.466 e. The molecule has 2 aromatic rings. The number of benzene rings is 2. The van der Waals surface area contributed by atoms with Crippen molar-refractivity contribution in [1.82, 2.24) is 0 Å². The van der Waals surface area contributed by atoms with Gasteiger partial charge in [0.1, 0.15) is 0 Å². The van der Waals surface area contributed by atoms with Gasteiger partial charge in [-0.05, 0) is 61.6 Å². The monoisotopic (exact) mass is 375 g/mol. The van der Waals surface area contributed by atoms with Crippen LogP contribution in [0.4, 0.5) is 5.69 Å². The summed E-state index contributed by atoms with van der Waals surface area (Å²) in [6.45, 7) is 4.22. The van der Waals surface area contributed by atoms with E-state index in [4.69, 9.17) is 4.74 Å². The molecular formula is C20H25NO4S. The summed E-state index contributed by atoms with van der Waals surface area (Å²) in [6.07, 6.45) is 2.64. The van der Waals surface area contributed by atoms with E-state index in [1.54, 1.807) is 43.3 Å². The quantitative estimate of drug-likeness (QED) is 0.674. The predicted molar refractivity (Wildman–Crippen MR) is 103 cm³/mol. The van der Waals surface area contributed by atoms with E-state index < -0.39 is 10.0 Å². The molecule has 0 saturated carbocycles. The molecule has 0 aliphatic rings. The van der Waals surface area contributed by atoms with Crippen molar-refractivity contribution in [3.05, 3.63) is 59.7 Å². The van der Waals surface area contributed by atoms with Gasteiger partial charge in [-0.1, -0.05) is 31.2 Å². The van der Waals surface area contributed by atoms with E-state index in [1.165, 1.54) is 0 Å². The summed E-state index contributed by atoms with van der Waals surface area (Å²) in [5, 5.41) is 0. The van der Waals surface area contributed by atoms with Crippen LogP contribution in [0.1, 0.15) is 37.8 Å². The van der Waals surface area contributed by atoms with Gasteiger partial charge in [-0.15, -0.1) is 0 Å². The highest BCUT2D eigenvalue weighted by atomic mass is 32.2. The lowest BCUT2D eigenvalue weighted by atomic mass is 9.99. The summed E-state index contributed by atoms with van der Waals surface area (Å²) < 4.78 is 32.4. The number of nitrogens with one attached hydrogen (secondary N) is 1. The first-order valence-corrected chi connectivity index (χ1v) is 10.3. The molecule has 0 aromatic heterocycles. The van der Waals surface area contributed by atoms with Crippen molar-refractivity contribution < 1.29 is 17.9 Å². The Balaban J connectivity index is 2.07. The van der Waals surface area contributed by atoms with Gasteiger partial charge in [0.2, 0.25) is 0 Å². The summed E-state index contributed by atoms with van der Waals surface area (Å²) in [4.78, 5) is 11.7. The topological polar surface area (TPSA) is 72.5 Å². The molecule has 1 N–H and O–H groups in total. The number of carbonyl (C=O) groups is 1. The van der Waals surface area contributed by atoms with Gasteiger partial charge in [-0.3, -0.25) is 9.52 Å². The van der Waals surface area contributed by atoms with Gasteiger partial charge in [0.25, 0.3) is 10.0 Å². The van der Waals surface area contributed by atoms with Gasteiger partial charge in [-0.2, -0.15) is 0 Å². The van der Waals surface area contributed by atoms with E-state index in [2.05, 4.69) is 4.72 Å². The summed E-state index contributed by atoms with van der Waals surface area (Å²) >= 11 is 0. The zero-order valence-electron chi connectivity index (χ0n) is 15.2. The van der Waals surface area contributed by atoms with E-state index in [1.807, 2.05) is 19.1 Å². The van der Waals surface area contributed by atoms with Gasteiger partial charge in [0.05, 0.1) is 11.5 Å². The lowest BCUT2D eigenvalue weighted by Crippen LogP contribution is -2.13. The van der Waals surface area contributed by atoms with Crippen LogP contribution in [0.3, 0.4) is 0 Å². The molecular weight excluding hydrogens is 350 g/mol. The normalized spacial score (nSPS) is 11.2. The molecule has 0 aliphatic carbocycles. The number of esters is 1. The van der Waals surface area contributed by atoms with Gasteiger partial charge in [-0.25, -0.2) is 8.42 Å². The first-order valence-electron chi connectivity index (χ1n) is 8.81. The summed E-state index contributed by atoms with van der Waals surface area (Å²) in [6, 6.07) is 13.8. The van der Waals surface area contributed by atoms with E-state index in [0.29, 0.717) is 25.1 Å². The second-order valence-electron chi connectivity index (χ2n) is 5.91. The van der Waals surface area contributed by atoms with Crippen LogP contribution in [-0.2, 0) is 32.4 Å². The molecule has 0 bridgehead atoms. The predicted octanol–water partition coefficient (Wildman–Crippen LogP) is 3.94. The van der Waals surface area contributed by atoms with Crippen molar-refractivity contribution in [1.29, 1.82) is 0 Å². The first-order chi connectivity index (χ1) is 12.5. The average Bonchev–Trinajstić information content (AvgIpc) is 2.63. The van der Waals surface area contributed by atoms with Crippen LogP contribution in [0.2, 0.25) is 0 Å². The molecule has 2 aromatic carbocycles. The zero-order valence-corrected chi connectivity index (χ0v) is 16.0. The second kappa shape index (κ2) is 9.38. The lowest BCUT2D eigenvalue weighted by Gasteiger charge is -2.13. The molecule has 0 radical (unpaired) electrons. The van der Waals surface area contributed by atoms with Gasteiger partial charge >= 0.3 is 5.97 Å². The minimum absolute atomic E-state index is 0.183. The van der Waals surface area contributed by atoms with E-state index in [9.17, 15) is 13.2 Å². The highest BCUT2D eigenvalue weighted by molar-refractivity contribution is 7.92. The summed E-state index contributed by atoms with van der Waals surface area (Å²) in [7, 11) is -3.60. The molecule has 0 aliphatic heterocycles. The Kier molecular flexibility index (Phi) is 7.21. The SMILES string of the molecule is CCOC(=O)CCCc1ccc(NS(=O)(=O)c2ccccc2)cc1CC. The van der Waals surface area contributed by atoms with Crippen LogP contribution in [0.15, 0.2) is 53.4 Å². The minimum atomic E-state index is -3.60. The number of aryl methyl sites for hydroxylation is 2. The van der Waals surface area contributed by atoms with Crippen molar-refractivity contribution in [2.24, 2.45) is 0 Å². The lowest BCUT2D eigenvalue weighted by molar-refractivity contribution is -0.143. The third kappa shape index (κ3) is 5.59. The van der Waals surface area contributed by atoms with Crippen molar-refractivity contribution in [2.75, 3.05) is 11.3 Å². The molecule has 0 spiro atoms. The molecule has 2 rings (SSSR count). The Morgan fingerprint density at radius 2 is 1.77 bits per heavy atom. The standard InChI is InChI=1S/C20H25NO4S/c1-3-16-15-18(21-26(23,24)19-10-6-5-7-11-19)14-13-17(16)9-8-12-20(22)25-4-2/h5-7,10-11,13-15,21H,3-4,8-9,12H2,1-2H3. The largest absolute Gasteiger partial charge is 0.466 e. The fourth-order valence-corrected chi connectivity index (χ4v) is 3.80. The maximum atomic E-state index is 12.4. The Morgan fingerprint density at radius 3 is 2.42 bits per heavy atom. The van der Waals surface area contributed by atoms with E-state index in [0.717, 1.165) is 24.0 Å². The van der Waals surface area contributed by atoms with Crippen LogP contribution < -0.4 is 4.72 Å². The van der Waals surface area contributed by atoms with Crippen LogP contribution in [0.25, 0.3) is 0 Å². The number of carbonyl (C=O) groups excluding carboxylic acids is 1. The Morgan fingerprint density at radius 1 is 1.04 bits per heavy atom. The third-order valence-corrected chi connectivity index (χ3v) is 5.42. The fourth-order valence-electron chi connectivity index (χ4n) is 2.73. The molecule has 0 heterocycles.